The van der Waals surface area contributed by atoms with Gasteiger partial charge in [-0.1, -0.05) is 0 Å². The van der Waals surface area contributed by atoms with Gasteiger partial charge < -0.3 is 15.0 Å². The number of carbonyl (C=O) groups excluding carboxylic acids is 2. The number of hydroxylamine groups is 2. The van der Waals surface area contributed by atoms with Crippen molar-refractivity contribution in [3.05, 3.63) is 0 Å². The minimum absolute atomic E-state index is 0.0337. The predicted octanol–water partition coefficient (Wildman–Crippen LogP) is -0.284. The van der Waals surface area contributed by atoms with E-state index in [1.165, 1.54) is 4.90 Å². The Hall–Kier alpha value is -1.27. The fourth-order valence-electron chi connectivity index (χ4n) is 3.82. The zero-order valence-corrected chi connectivity index (χ0v) is 14.8. The topological polar surface area (TPSA) is 125 Å². The molecule has 25 heavy (non-hydrogen) atoms. The molecule has 10 nitrogen and oxygen atoms in total. The summed E-state index contributed by atoms with van der Waals surface area (Å²) in [5.74, 6) is -0.201. The molecule has 2 bridgehead atoms. The summed E-state index contributed by atoms with van der Waals surface area (Å²) in [6.07, 6.45) is 3.62. The molecule has 1 saturated carbocycles. The lowest BCUT2D eigenvalue weighted by atomic mass is 9.98. The third-order valence-corrected chi connectivity index (χ3v) is 5.47. The molecule has 2 heterocycles. The Labute approximate surface area is 146 Å². The molecule has 1 aliphatic carbocycles. The number of fused-ring (bicyclic) bond motifs is 2. The van der Waals surface area contributed by atoms with E-state index in [1.807, 2.05) is 7.05 Å². The maximum Gasteiger partial charge on any atom is 0.418 e. The number of urea groups is 1. The van der Waals surface area contributed by atoms with Gasteiger partial charge in [0.1, 0.15) is 6.61 Å². The van der Waals surface area contributed by atoms with Crippen LogP contribution in [-0.2, 0) is 24.2 Å². The summed E-state index contributed by atoms with van der Waals surface area (Å²) in [6, 6.07) is -1.47. The quantitative estimate of drug-likeness (QED) is 0.580. The predicted molar refractivity (Wildman–Crippen MR) is 84.8 cm³/mol. The highest BCUT2D eigenvalue weighted by Crippen LogP contribution is 2.31. The number of rotatable bonds is 7. The van der Waals surface area contributed by atoms with Gasteiger partial charge in [-0.05, 0) is 39.2 Å². The Morgan fingerprint density at radius 2 is 2.08 bits per heavy atom. The van der Waals surface area contributed by atoms with Gasteiger partial charge in [-0.25, -0.2) is 4.79 Å². The molecule has 11 heteroatoms. The van der Waals surface area contributed by atoms with Crippen molar-refractivity contribution < 1.29 is 31.6 Å². The number of ether oxygens (including phenoxy) is 1. The van der Waals surface area contributed by atoms with Crippen molar-refractivity contribution in [1.29, 1.82) is 0 Å². The van der Waals surface area contributed by atoms with Gasteiger partial charge in [-0.15, -0.1) is 4.28 Å². The van der Waals surface area contributed by atoms with E-state index >= 15 is 0 Å². The summed E-state index contributed by atoms with van der Waals surface area (Å²) in [5, 5.41) is 3.83. The lowest BCUT2D eigenvalue weighted by Gasteiger charge is -2.29. The second-order valence-corrected chi connectivity index (χ2v) is 7.71. The fourth-order valence-corrected chi connectivity index (χ4v) is 4.20. The van der Waals surface area contributed by atoms with E-state index in [-0.39, 0.29) is 25.0 Å². The average Bonchev–Trinajstić information content (AvgIpc) is 3.11. The van der Waals surface area contributed by atoms with Crippen molar-refractivity contribution in [1.82, 2.24) is 15.3 Å². The van der Waals surface area contributed by atoms with Crippen molar-refractivity contribution in [3.63, 3.8) is 0 Å². The lowest BCUT2D eigenvalue weighted by molar-refractivity contribution is -0.130. The number of hydrogen-bond acceptors (Lipinski definition) is 7. The van der Waals surface area contributed by atoms with Gasteiger partial charge in [-0.3, -0.25) is 9.35 Å². The number of nitrogens with one attached hydrogen (secondary N) is 1. The largest absolute Gasteiger partial charge is 0.418 e. The third-order valence-electron chi connectivity index (χ3n) is 5.12. The molecular weight excluding hydrogens is 354 g/mol. The minimum atomic E-state index is -4.78. The second-order valence-electron chi connectivity index (χ2n) is 6.71. The summed E-state index contributed by atoms with van der Waals surface area (Å²) >= 11 is 0. The molecule has 3 rings (SSSR count). The highest BCUT2D eigenvalue weighted by Gasteiger charge is 2.49. The van der Waals surface area contributed by atoms with E-state index in [0.717, 1.165) is 19.3 Å². The number of amides is 2. The first-order valence-electron chi connectivity index (χ1n) is 8.37. The van der Waals surface area contributed by atoms with Gasteiger partial charge in [0, 0.05) is 12.6 Å². The van der Waals surface area contributed by atoms with Gasteiger partial charge in [-0.2, -0.15) is 13.5 Å². The highest BCUT2D eigenvalue weighted by atomic mass is 32.3. The van der Waals surface area contributed by atoms with E-state index in [0.29, 0.717) is 23.9 Å². The maximum absolute atomic E-state index is 12.5. The molecule has 2 amide bonds. The van der Waals surface area contributed by atoms with Crippen LogP contribution in [-0.4, -0.2) is 79.2 Å². The minimum Gasteiger partial charge on any atom is -0.370 e. The zero-order chi connectivity index (χ0) is 18.2. The summed E-state index contributed by atoms with van der Waals surface area (Å²) in [5.41, 5.74) is 0. The average molecular weight is 377 g/mol. The molecular formula is C14H23N3O7S. The lowest BCUT2D eigenvalue weighted by Crippen LogP contribution is -2.46. The molecule has 4 atom stereocenters. The Balaban J connectivity index is 1.55. The van der Waals surface area contributed by atoms with Crippen LogP contribution in [0.25, 0.3) is 0 Å². The first-order valence-corrected chi connectivity index (χ1v) is 9.73. The summed E-state index contributed by atoms with van der Waals surface area (Å²) in [4.78, 5) is 26.0. The van der Waals surface area contributed by atoms with Crippen LogP contribution in [0.3, 0.4) is 0 Å². The van der Waals surface area contributed by atoms with E-state index < -0.39 is 28.5 Å². The number of ketones is 1. The Morgan fingerprint density at radius 3 is 2.72 bits per heavy atom. The smallest absolute Gasteiger partial charge is 0.370 e. The maximum atomic E-state index is 12.5. The van der Waals surface area contributed by atoms with Crippen molar-refractivity contribution in [2.45, 2.75) is 56.3 Å². The van der Waals surface area contributed by atoms with Crippen molar-refractivity contribution in [3.8, 4) is 0 Å². The van der Waals surface area contributed by atoms with Gasteiger partial charge in [0.15, 0.2) is 5.78 Å². The van der Waals surface area contributed by atoms with Gasteiger partial charge in [0.05, 0.1) is 18.2 Å². The number of Topliss-reactive ketones (excluding diaryl/α,β-unsaturated/α-hetero) is 1. The molecule has 2 aliphatic heterocycles. The molecule has 2 N–H and O–H groups in total. The summed E-state index contributed by atoms with van der Waals surface area (Å²) in [6.45, 7) is 0.120. The van der Waals surface area contributed by atoms with Crippen LogP contribution in [0.4, 0.5) is 4.79 Å². The van der Waals surface area contributed by atoms with E-state index in [2.05, 4.69) is 9.60 Å². The monoisotopic (exact) mass is 377 g/mol. The number of carbonyl (C=O) groups is 2. The molecule has 0 aromatic heterocycles. The van der Waals surface area contributed by atoms with Crippen molar-refractivity contribution >= 4 is 22.2 Å². The molecule has 142 valence electrons. The standard InChI is InChI=1S/C14H23N3O7S/c1-15-9-2-4-11(6-9)23-8-13(18)12-5-3-10-7-16(12)14(19)17(10)24-25(20,21)22/h9-12,15H,2-8H2,1H3,(H,20,21,22)/t9?,10-,11?,12+/m1/s1. The molecule has 0 spiro atoms. The number of hydrogen-bond donors (Lipinski definition) is 2. The van der Waals surface area contributed by atoms with Crippen molar-refractivity contribution in [2.24, 2.45) is 0 Å². The molecule has 0 radical (unpaired) electrons. The van der Waals surface area contributed by atoms with E-state index in [1.54, 1.807) is 0 Å². The van der Waals surface area contributed by atoms with Crippen LogP contribution in [0.1, 0.15) is 32.1 Å². The molecule has 3 fully saturated rings. The highest BCUT2D eigenvalue weighted by molar-refractivity contribution is 7.80. The molecule has 0 aromatic carbocycles. The van der Waals surface area contributed by atoms with E-state index in [4.69, 9.17) is 9.29 Å². The first kappa shape index (κ1) is 18.5. The molecule has 2 unspecified atom stereocenters. The Bertz CT molecular complexity index is 640. The number of nitrogens with zero attached hydrogens (tertiary/aromatic N) is 2. The third kappa shape index (κ3) is 4.11. The van der Waals surface area contributed by atoms with Crippen LogP contribution in [0.2, 0.25) is 0 Å². The van der Waals surface area contributed by atoms with E-state index in [9.17, 15) is 18.0 Å². The first-order chi connectivity index (χ1) is 11.8. The second kappa shape index (κ2) is 7.16. The Kier molecular flexibility index (Phi) is 5.30. The van der Waals surface area contributed by atoms with Crippen LogP contribution >= 0.6 is 0 Å². The Morgan fingerprint density at radius 1 is 1.32 bits per heavy atom. The molecule has 2 saturated heterocycles. The normalized spacial score (nSPS) is 32.5. The fraction of sp³-hybridized carbons (Fsp3) is 0.857. The number of piperidine rings is 1. The molecule has 0 aromatic rings. The van der Waals surface area contributed by atoms with Crippen LogP contribution in [0, 0.1) is 0 Å². The van der Waals surface area contributed by atoms with Crippen LogP contribution in [0.5, 0.6) is 0 Å². The summed E-state index contributed by atoms with van der Waals surface area (Å²) < 4.78 is 40.5. The van der Waals surface area contributed by atoms with Gasteiger partial charge in [0.2, 0.25) is 0 Å². The SMILES string of the molecule is CNC1CCC(OCC(=O)[C@@H]2CC[C@@H]3CN2C(=O)N3OS(=O)(=O)O)C1. The van der Waals surface area contributed by atoms with Crippen molar-refractivity contribution in [2.75, 3.05) is 20.2 Å². The van der Waals surface area contributed by atoms with Gasteiger partial charge in [0.25, 0.3) is 0 Å². The van der Waals surface area contributed by atoms with Crippen LogP contribution < -0.4 is 5.32 Å². The summed E-state index contributed by atoms with van der Waals surface area (Å²) in [7, 11) is -2.88. The molecule has 3 aliphatic rings. The zero-order valence-electron chi connectivity index (χ0n) is 14.0. The van der Waals surface area contributed by atoms with Gasteiger partial charge >= 0.3 is 16.4 Å². The van der Waals surface area contributed by atoms with Crippen LogP contribution in [0.15, 0.2) is 0 Å².